The molecule has 0 N–H and O–H groups in total. The van der Waals surface area contributed by atoms with E-state index in [-0.39, 0.29) is 23.0 Å². The topological polar surface area (TPSA) is 48.6 Å². The first-order valence-electron chi connectivity index (χ1n) is 17.4. The van der Waals surface area contributed by atoms with Crippen LogP contribution in [0.25, 0.3) is 27.6 Å². The van der Waals surface area contributed by atoms with E-state index < -0.39 is 0 Å². The molecule has 0 unspecified atom stereocenters. The molecule has 1 aliphatic carbocycles. The predicted octanol–water partition coefficient (Wildman–Crippen LogP) is 10.9. The van der Waals surface area contributed by atoms with Gasteiger partial charge >= 0.3 is 0 Å². The van der Waals surface area contributed by atoms with E-state index in [2.05, 4.69) is 140 Å². The number of nitrogens with zero attached hydrogens (tertiary/aromatic N) is 3. The molecule has 0 amide bonds. The second-order valence-electron chi connectivity index (χ2n) is 16.1. The maximum absolute atomic E-state index is 6.73. The van der Waals surface area contributed by atoms with E-state index in [4.69, 9.17) is 19.5 Å². The van der Waals surface area contributed by atoms with Gasteiger partial charge in [-0.25, -0.2) is 9.98 Å². The van der Waals surface area contributed by atoms with E-state index in [1.165, 1.54) is 27.6 Å². The van der Waals surface area contributed by atoms with Crippen molar-refractivity contribution in [3.63, 3.8) is 0 Å². The van der Waals surface area contributed by atoms with Crippen LogP contribution in [0.1, 0.15) is 92.2 Å². The molecule has 0 bridgehead atoms. The van der Waals surface area contributed by atoms with Gasteiger partial charge in [-0.05, 0) is 119 Å². The first-order valence-corrected chi connectivity index (χ1v) is 17.4. The van der Waals surface area contributed by atoms with Crippen LogP contribution in [-0.4, -0.2) is 21.5 Å². The largest absolute Gasteiger partial charge is 0.467 e. The summed E-state index contributed by atoms with van der Waals surface area (Å²) in [5, 5.41) is 2.35. The van der Waals surface area contributed by atoms with E-state index >= 15 is 0 Å². The second-order valence-corrected chi connectivity index (χ2v) is 16.1. The van der Waals surface area contributed by atoms with E-state index in [1.54, 1.807) is 0 Å². The van der Waals surface area contributed by atoms with Crippen molar-refractivity contribution < 1.29 is 9.47 Å². The Morgan fingerprint density at radius 2 is 1.61 bits per heavy atom. The van der Waals surface area contributed by atoms with Crippen LogP contribution in [0.15, 0.2) is 90.1 Å². The molecule has 1 aliphatic heterocycles. The molecule has 5 heteroatoms. The number of ether oxygens (including phenoxy) is 2. The maximum atomic E-state index is 6.73. The van der Waals surface area contributed by atoms with E-state index in [0.29, 0.717) is 5.90 Å². The number of fused-ring (bicyclic) bond motifs is 6. The molecular weight excluding hydrogens is 603 g/mol. The van der Waals surface area contributed by atoms with E-state index in [0.717, 1.165) is 62.4 Å². The van der Waals surface area contributed by atoms with Gasteiger partial charge in [0, 0.05) is 28.6 Å². The minimum Gasteiger partial charge on any atom is -0.467 e. The summed E-state index contributed by atoms with van der Waals surface area (Å²) in [6.45, 7) is 20.0. The molecule has 4 aromatic carbocycles. The number of aromatic nitrogens is 2. The van der Waals surface area contributed by atoms with Crippen LogP contribution in [0.3, 0.4) is 0 Å². The van der Waals surface area contributed by atoms with Crippen LogP contribution in [0.2, 0.25) is 0 Å². The lowest BCUT2D eigenvalue weighted by Crippen LogP contribution is -2.15. The Kier molecular flexibility index (Phi) is 7.08. The highest BCUT2D eigenvalue weighted by atomic mass is 16.5. The Balaban J connectivity index is 1.15. The van der Waals surface area contributed by atoms with Gasteiger partial charge in [0.1, 0.15) is 23.3 Å². The van der Waals surface area contributed by atoms with Crippen LogP contribution < -0.4 is 4.74 Å². The van der Waals surface area contributed by atoms with E-state index in [1.807, 2.05) is 12.3 Å². The molecule has 0 saturated carbocycles. The van der Waals surface area contributed by atoms with Crippen molar-refractivity contribution in [3.8, 4) is 17.2 Å². The summed E-state index contributed by atoms with van der Waals surface area (Å²) < 4.78 is 15.7. The average molecular weight is 648 g/mol. The number of pyridine rings is 1. The summed E-state index contributed by atoms with van der Waals surface area (Å²) in [5.41, 5.74) is 12.9. The number of benzene rings is 4. The second kappa shape index (κ2) is 11.1. The van der Waals surface area contributed by atoms with Gasteiger partial charge in [0.15, 0.2) is 0 Å². The van der Waals surface area contributed by atoms with Crippen LogP contribution >= 0.6 is 0 Å². The summed E-state index contributed by atoms with van der Waals surface area (Å²) in [4.78, 5) is 10.0. The van der Waals surface area contributed by atoms with Crippen molar-refractivity contribution in [3.05, 3.63) is 130 Å². The summed E-state index contributed by atoms with van der Waals surface area (Å²) in [6.07, 6.45) is 2.74. The molecule has 2 atom stereocenters. The Morgan fingerprint density at radius 1 is 0.796 bits per heavy atom. The third-order valence-electron chi connectivity index (χ3n) is 10.3. The number of rotatable bonds is 4. The summed E-state index contributed by atoms with van der Waals surface area (Å²) >= 11 is 0. The molecule has 0 radical (unpaired) electrons. The minimum absolute atomic E-state index is 0.0454. The highest BCUT2D eigenvalue weighted by Crippen LogP contribution is 2.45. The number of aryl methyl sites for hydroxylation is 3. The number of hydrogen-bond acceptors (Lipinski definition) is 4. The van der Waals surface area contributed by atoms with Crippen molar-refractivity contribution in [2.75, 3.05) is 0 Å². The molecular formula is C44H45N3O2. The normalized spacial score (nSPS) is 17.3. The van der Waals surface area contributed by atoms with Gasteiger partial charge in [0.05, 0.1) is 17.2 Å². The first-order chi connectivity index (χ1) is 23.3. The fourth-order valence-corrected chi connectivity index (χ4v) is 7.81. The lowest BCUT2D eigenvalue weighted by Gasteiger charge is -2.23. The number of hydrogen-bond donors (Lipinski definition) is 0. The van der Waals surface area contributed by atoms with Gasteiger partial charge in [0.2, 0.25) is 5.90 Å². The van der Waals surface area contributed by atoms with Gasteiger partial charge in [0.25, 0.3) is 0 Å². The Bertz CT molecular complexity index is 2330. The molecule has 0 saturated heterocycles. The van der Waals surface area contributed by atoms with Crippen molar-refractivity contribution in [1.29, 1.82) is 0 Å². The predicted molar refractivity (Wildman–Crippen MR) is 201 cm³/mol. The molecule has 2 aliphatic rings. The fourth-order valence-electron chi connectivity index (χ4n) is 7.81. The zero-order valence-corrected chi connectivity index (χ0v) is 30.1. The van der Waals surface area contributed by atoms with Crippen molar-refractivity contribution in [1.82, 2.24) is 9.55 Å². The molecule has 248 valence electrons. The Labute approximate surface area is 289 Å². The molecule has 6 aromatic rings. The Morgan fingerprint density at radius 3 is 2.39 bits per heavy atom. The third kappa shape index (κ3) is 5.31. The van der Waals surface area contributed by atoms with Crippen LogP contribution in [0.4, 0.5) is 0 Å². The molecule has 8 rings (SSSR count). The quantitative estimate of drug-likeness (QED) is 0.191. The zero-order chi connectivity index (χ0) is 34.4. The third-order valence-corrected chi connectivity index (χ3v) is 10.3. The summed E-state index contributed by atoms with van der Waals surface area (Å²) in [6, 6.07) is 28.4. The molecule has 0 fully saturated rings. The van der Waals surface area contributed by atoms with Gasteiger partial charge < -0.3 is 9.47 Å². The zero-order valence-electron chi connectivity index (χ0n) is 30.1. The fraction of sp³-hybridized carbons (Fsp3) is 0.318. The standard InChI is InChI=1S/C44H45N3O2/c1-25-18-29(47-38-16-15-28(43(4,5)6)21-35(38)32-13-11-17-45-41(32)47)22-30(19-25)48-39-24-33(26(2)20-27(39)3)42-46-37-23-34-31(40(37)49-42)12-10-14-36(34)44(7,8)9/h10-22,24,37,40H,23H2,1-9H3/t37-,40+/m1/s1. The lowest BCUT2D eigenvalue weighted by molar-refractivity contribution is 0.209. The van der Waals surface area contributed by atoms with Crippen LogP contribution in [0, 0.1) is 20.8 Å². The van der Waals surface area contributed by atoms with Crippen molar-refractivity contribution in [2.45, 2.75) is 91.7 Å². The monoisotopic (exact) mass is 647 g/mol. The van der Waals surface area contributed by atoms with Gasteiger partial charge in [-0.2, -0.15) is 0 Å². The summed E-state index contributed by atoms with van der Waals surface area (Å²) in [5.74, 6) is 2.28. The molecule has 49 heavy (non-hydrogen) atoms. The Hall–Kier alpha value is -4.90. The van der Waals surface area contributed by atoms with Crippen LogP contribution in [0.5, 0.6) is 11.5 Å². The lowest BCUT2D eigenvalue weighted by atomic mass is 9.82. The minimum atomic E-state index is -0.0454. The maximum Gasteiger partial charge on any atom is 0.217 e. The first kappa shape index (κ1) is 31.4. The highest BCUT2D eigenvalue weighted by Gasteiger charge is 2.42. The molecule has 2 aromatic heterocycles. The van der Waals surface area contributed by atoms with Crippen LogP contribution in [-0.2, 0) is 22.0 Å². The van der Waals surface area contributed by atoms with Crippen molar-refractivity contribution >= 4 is 27.8 Å². The highest BCUT2D eigenvalue weighted by molar-refractivity contribution is 6.08. The SMILES string of the molecule is Cc1cc(Oc2cc(C3=N[C@@H]4Cc5c(cccc5C(C)(C)C)[C@@H]4O3)c(C)cc2C)cc(-n2c3ccc(C(C)(C)C)cc3c3cccnc32)c1. The molecule has 3 heterocycles. The number of aliphatic imine (C=N–C) groups is 1. The van der Waals surface area contributed by atoms with Gasteiger partial charge in [-0.15, -0.1) is 0 Å². The van der Waals surface area contributed by atoms with Gasteiger partial charge in [-0.3, -0.25) is 4.57 Å². The van der Waals surface area contributed by atoms with Crippen molar-refractivity contribution in [2.24, 2.45) is 4.99 Å². The van der Waals surface area contributed by atoms with E-state index in [9.17, 15) is 0 Å². The smallest absolute Gasteiger partial charge is 0.217 e. The molecule has 0 spiro atoms. The molecule has 5 nitrogen and oxygen atoms in total. The van der Waals surface area contributed by atoms with Gasteiger partial charge in [-0.1, -0.05) is 71.9 Å². The average Bonchev–Trinajstić information content (AvgIpc) is 3.70. The summed E-state index contributed by atoms with van der Waals surface area (Å²) in [7, 11) is 0.